The number of benzene rings is 2. The van der Waals surface area contributed by atoms with Gasteiger partial charge in [0.05, 0.1) is 13.2 Å². The molecule has 0 aliphatic heterocycles. The minimum Gasteiger partial charge on any atom is -0.372 e. The minimum absolute atomic E-state index is 0.613. The molecular formula is C19H22N2OS. The molecule has 23 heavy (non-hydrogen) atoms. The van der Waals surface area contributed by atoms with E-state index in [9.17, 15) is 0 Å². The first-order valence-electron chi connectivity index (χ1n) is 7.60. The molecule has 4 heteroatoms. The van der Waals surface area contributed by atoms with Crippen LogP contribution in [0.25, 0.3) is 0 Å². The molecule has 0 aromatic heterocycles. The topological polar surface area (TPSA) is 33.3 Å². The van der Waals surface area contributed by atoms with Crippen molar-refractivity contribution in [1.29, 1.82) is 0 Å². The van der Waals surface area contributed by atoms with Crippen LogP contribution in [-0.2, 0) is 24.5 Å². The number of nitrogens with one attached hydrogen (secondary N) is 2. The van der Waals surface area contributed by atoms with Crippen molar-refractivity contribution in [3.63, 3.8) is 0 Å². The molecule has 0 radical (unpaired) electrons. The van der Waals surface area contributed by atoms with Crippen molar-refractivity contribution < 1.29 is 4.74 Å². The van der Waals surface area contributed by atoms with Gasteiger partial charge in [0.25, 0.3) is 0 Å². The zero-order chi connectivity index (χ0) is 16.3. The molecule has 2 aromatic carbocycles. The van der Waals surface area contributed by atoms with Crippen LogP contribution in [0.3, 0.4) is 0 Å². The Morgan fingerprint density at radius 3 is 2.17 bits per heavy atom. The molecule has 0 fully saturated rings. The quantitative estimate of drug-likeness (QED) is 0.574. The summed E-state index contributed by atoms with van der Waals surface area (Å²) in [5.74, 6) is 0. The molecule has 0 saturated carbocycles. The Bertz CT molecular complexity index is 611. The Labute approximate surface area is 143 Å². The van der Waals surface area contributed by atoms with Gasteiger partial charge in [-0.2, -0.15) is 0 Å². The van der Waals surface area contributed by atoms with E-state index in [0.717, 1.165) is 5.56 Å². The highest BCUT2D eigenvalue weighted by Crippen LogP contribution is 2.08. The lowest BCUT2D eigenvalue weighted by Gasteiger charge is -2.10. The van der Waals surface area contributed by atoms with Crippen molar-refractivity contribution >= 4 is 17.3 Å². The lowest BCUT2D eigenvalue weighted by molar-refractivity contribution is 0.107. The molecule has 0 heterocycles. The molecule has 0 spiro atoms. The fraction of sp³-hybridized carbons (Fsp3) is 0.211. The van der Waals surface area contributed by atoms with Gasteiger partial charge in [0.2, 0.25) is 0 Å². The number of ether oxygens (including phenoxy) is 1. The van der Waals surface area contributed by atoms with E-state index in [-0.39, 0.29) is 0 Å². The van der Waals surface area contributed by atoms with Crippen molar-refractivity contribution in [2.75, 3.05) is 6.54 Å². The van der Waals surface area contributed by atoms with Crippen LogP contribution in [-0.4, -0.2) is 11.7 Å². The second-order valence-electron chi connectivity index (χ2n) is 5.15. The zero-order valence-corrected chi connectivity index (χ0v) is 13.9. The van der Waals surface area contributed by atoms with Crippen molar-refractivity contribution in [1.82, 2.24) is 10.6 Å². The highest BCUT2D eigenvalue weighted by Gasteiger charge is 1.98. The molecule has 2 aromatic rings. The number of hydrogen-bond donors (Lipinski definition) is 2. The lowest BCUT2D eigenvalue weighted by Crippen LogP contribution is -2.34. The Morgan fingerprint density at radius 1 is 0.913 bits per heavy atom. The zero-order valence-electron chi connectivity index (χ0n) is 13.1. The maximum Gasteiger partial charge on any atom is 0.166 e. The molecule has 0 atom stereocenters. The number of hydrogen-bond acceptors (Lipinski definition) is 2. The second kappa shape index (κ2) is 9.77. The third-order valence-electron chi connectivity index (χ3n) is 3.26. The predicted molar refractivity (Wildman–Crippen MR) is 99.0 cm³/mol. The van der Waals surface area contributed by atoms with Crippen LogP contribution in [0.2, 0.25) is 0 Å². The molecule has 0 amide bonds. The van der Waals surface area contributed by atoms with E-state index in [1.807, 2.05) is 18.2 Å². The minimum atomic E-state index is 0.613. The molecular weight excluding hydrogens is 304 g/mol. The van der Waals surface area contributed by atoms with E-state index in [4.69, 9.17) is 17.0 Å². The summed E-state index contributed by atoms with van der Waals surface area (Å²) >= 11 is 5.16. The van der Waals surface area contributed by atoms with Gasteiger partial charge in [-0.25, -0.2) is 0 Å². The summed E-state index contributed by atoms with van der Waals surface area (Å²) < 4.78 is 5.73. The van der Waals surface area contributed by atoms with Gasteiger partial charge in [-0.1, -0.05) is 60.7 Å². The van der Waals surface area contributed by atoms with Crippen LogP contribution in [0.4, 0.5) is 0 Å². The van der Waals surface area contributed by atoms with Crippen LogP contribution in [0.5, 0.6) is 0 Å². The normalized spacial score (nSPS) is 10.1. The van der Waals surface area contributed by atoms with E-state index >= 15 is 0 Å². The smallest absolute Gasteiger partial charge is 0.166 e. The fourth-order valence-electron chi connectivity index (χ4n) is 2.02. The summed E-state index contributed by atoms with van der Waals surface area (Å²) in [5, 5.41) is 6.84. The van der Waals surface area contributed by atoms with Crippen molar-refractivity contribution in [3.05, 3.63) is 83.9 Å². The molecule has 2 N–H and O–H groups in total. The fourth-order valence-corrected chi connectivity index (χ4v) is 2.18. The van der Waals surface area contributed by atoms with Gasteiger partial charge in [-0.3, -0.25) is 0 Å². The Balaban J connectivity index is 1.71. The number of thiocarbonyl (C=S) groups is 1. The summed E-state index contributed by atoms with van der Waals surface area (Å²) in [7, 11) is 0. The van der Waals surface area contributed by atoms with Crippen molar-refractivity contribution in [2.45, 2.75) is 19.8 Å². The van der Waals surface area contributed by atoms with Gasteiger partial charge < -0.3 is 15.4 Å². The molecule has 0 unspecified atom stereocenters. The van der Waals surface area contributed by atoms with Crippen LogP contribution in [0, 0.1) is 0 Å². The predicted octanol–water partition coefficient (Wildman–Crippen LogP) is 3.55. The van der Waals surface area contributed by atoms with Crippen molar-refractivity contribution in [3.8, 4) is 0 Å². The summed E-state index contributed by atoms with van der Waals surface area (Å²) in [4.78, 5) is 0. The SMILES string of the molecule is C=CCNC(=S)NCc1ccc(COCc2ccccc2)cc1. The van der Waals surface area contributed by atoms with Gasteiger partial charge in [-0.15, -0.1) is 6.58 Å². The molecule has 120 valence electrons. The van der Waals surface area contributed by atoms with E-state index in [2.05, 4.69) is 53.6 Å². The van der Waals surface area contributed by atoms with Crippen molar-refractivity contribution in [2.24, 2.45) is 0 Å². The molecule has 0 aliphatic rings. The van der Waals surface area contributed by atoms with Gasteiger partial charge in [0.15, 0.2) is 5.11 Å². The van der Waals surface area contributed by atoms with E-state index < -0.39 is 0 Å². The molecule has 2 rings (SSSR count). The first-order valence-corrected chi connectivity index (χ1v) is 8.01. The van der Waals surface area contributed by atoms with Crippen LogP contribution in [0.15, 0.2) is 67.3 Å². The molecule has 0 bridgehead atoms. The van der Waals surface area contributed by atoms with Crippen LogP contribution >= 0.6 is 12.2 Å². The molecule has 0 saturated heterocycles. The number of rotatable bonds is 8. The average Bonchev–Trinajstić information content (AvgIpc) is 2.60. The summed E-state index contributed by atoms with van der Waals surface area (Å²) in [5.41, 5.74) is 3.53. The van der Waals surface area contributed by atoms with Crippen LogP contribution < -0.4 is 10.6 Å². The maximum atomic E-state index is 5.73. The Hall–Kier alpha value is -2.17. The monoisotopic (exact) mass is 326 g/mol. The van der Waals surface area contributed by atoms with Gasteiger partial charge >= 0.3 is 0 Å². The first kappa shape index (κ1) is 17.2. The van der Waals surface area contributed by atoms with E-state index in [0.29, 0.717) is 31.4 Å². The third-order valence-corrected chi connectivity index (χ3v) is 3.55. The standard InChI is InChI=1S/C19H22N2OS/c1-2-12-20-19(23)21-13-16-8-10-18(11-9-16)15-22-14-17-6-4-3-5-7-17/h2-11H,1,12-15H2,(H2,20,21,23). The average molecular weight is 326 g/mol. The Morgan fingerprint density at radius 2 is 1.52 bits per heavy atom. The molecule has 3 nitrogen and oxygen atoms in total. The second-order valence-corrected chi connectivity index (χ2v) is 5.56. The summed E-state index contributed by atoms with van der Waals surface area (Å²) in [6.07, 6.45) is 1.78. The first-order chi connectivity index (χ1) is 11.3. The van der Waals surface area contributed by atoms with E-state index in [1.165, 1.54) is 11.1 Å². The van der Waals surface area contributed by atoms with Crippen LogP contribution in [0.1, 0.15) is 16.7 Å². The summed E-state index contributed by atoms with van der Waals surface area (Å²) in [6.45, 7) is 6.26. The van der Waals surface area contributed by atoms with Gasteiger partial charge in [0.1, 0.15) is 0 Å². The largest absolute Gasteiger partial charge is 0.372 e. The third kappa shape index (κ3) is 6.63. The van der Waals surface area contributed by atoms with Gasteiger partial charge in [-0.05, 0) is 28.9 Å². The molecule has 0 aliphatic carbocycles. The summed E-state index contributed by atoms with van der Waals surface area (Å²) in [6, 6.07) is 18.5. The van der Waals surface area contributed by atoms with Gasteiger partial charge in [0, 0.05) is 13.1 Å². The Kier molecular flexibility index (Phi) is 7.30. The highest BCUT2D eigenvalue weighted by molar-refractivity contribution is 7.80. The lowest BCUT2D eigenvalue weighted by atomic mass is 10.1. The highest BCUT2D eigenvalue weighted by atomic mass is 32.1. The maximum absolute atomic E-state index is 5.73. The van der Waals surface area contributed by atoms with E-state index in [1.54, 1.807) is 6.08 Å².